The standard InChI is InChI=1S/C26H23N5O/c1-30(17-7-16-27)22-14-12-20(13-15-22)18-28-29-25-23-10-5-6-11-24(23)31(26(25)32)19-21-8-3-2-4-9-21/h2-6,8-15,18H,7,17,19H2,1H3/b28-18-,29-25-. The number of rotatable bonds is 7. The molecule has 0 saturated carbocycles. The Morgan fingerprint density at radius 2 is 1.72 bits per heavy atom. The molecule has 6 heteroatoms. The first-order valence-corrected chi connectivity index (χ1v) is 10.4. The zero-order valence-corrected chi connectivity index (χ0v) is 17.8. The summed E-state index contributed by atoms with van der Waals surface area (Å²) in [5, 5.41) is 17.2. The van der Waals surface area contributed by atoms with Crippen LogP contribution < -0.4 is 9.80 Å². The van der Waals surface area contributed by atoms with E-state index in [4.69, 9.17) is 5.26 Å². The van der Waals surface area contributed by atoms with Crippen LogP contribution in [0.3, 0.4) is 0 Å². The summed E-state index contributed by atoms with van der Waals surface area (Å²) >= 11 is 0. The van der Waals surface area contributed by atoms with E-state index in [0.717, 1.165) is 28.1 Å². The Morgan fingerprint density at radius 3 is 2.47 bits per heavy atom. The molecule has 0 saturated heterocycles. The Morgan fingerprint density at radius 1 is 1.00 bits per heavy atom. The minimum Gasteiger partial charge on any atom is -0.374 e. The summed E-state index contributed by atoms with van der Waals surface area (Å²) in [7, 11) is 1.96. The van der Waals surface area contributed by atoms with Gasteiger partial charge in [0.05, 0.1) is 30.9 Å². The Bertz CT molecular complexity index is 1190. The molecule has 1 amide bonds. The SMILES string of the molecule is CN(CCC#N)c1ccc(/C=N\N=C2/C(=O)N(Cc3ccccc3)c3ccccc32)cc1. The quantitative estimate of drug-likeness (QED) is 0.419. The highest BCUT2D eigenvalue weighted by Gasteiger charge is 2.33. The molecule has 0 atom stereocenters. The minimum atomic E-state index is -0.151. The molecule has 3 aromatic carbocycles. The molecule has 0 radical (unpaired) electrons. The van der Waals surface area contributed by atoms with Crippen molar-refractivity contribution in [1.82, 2.24) is 0 Å². The molecule has 158 valence electrons. The van der Waals surface area contributed by atoms with Crippen LogP contribution in [0.4, 0.5) is 11.4 Å². The molecule has 6 nitrogen and oxygen atoms in total. The van der Waals surface area contributed by atoms with Gasteiger partial charge in [-0.2, -0.15) is 10.4 Å². The van der Waals surface area contributed by atoms with Gasteiger partial charge in [0.2, 0.25) is 0 Å². The van der Waals surface area contributed by atoms with Crippen molar-refractivity contribution in [3.8, 4) is 6.07 Å². The van der Waals surface area contributed by atoms with E-state index in [2.05, 4.69) is 16.3 Å². The first-order chi connectivity index (χ1) is 15.7. The zero-order valence-electron chi connectivity index (χ0n) is 17.8. The van der Waals surface area contributed by atoms with Crippen LogP contribution in [0.15, 0.2) is 89.1 Å². The summed E-state index contributed by atoms with van der Waals surface area (Å²) in [6.45, 7) is 1.17. The molecule has 0 aromatic heterocycles. The van der Waals surface area contributed by atoms with E-state index in [9.17, 15) is 4.79 Å². The van der Waals surface area contributed by atoms with Gasteiger partial charge >= 0.3 is 0 Å². The predicted molar refractivity (Wildman–Crippen MR) is 128 cm³/mol. The Hall–Kier alpha value is -4.24. The largest absolute Gasteiger partial charge is 0.374 e. The number of para-hydroxylation sites is 1. The lowest BCUT2D eigenvalue weighted by Gasteiger charge is -2.17. The summed E-state index contributed by atoms with van der Waals surface area (Å²) in [6.07, 6.45) is 2.12. The van der Waals surface area contributed by atoms with E-state index in [-0.39, 0.29) is 5.91 Å². The van der Waals surface area contributed by atoms with E-state index < -0.39 is 0 Å². The molecule has 1 heterocycles. The molecular weight excluding hydrogens is 398 g/mol. The van der Waals surface area contributed by atoms with Crippen LogP contribution >= 0.6 is 0 Å². The smallest absolute Gasteiger partial charge is 0.279 e. The van der Waals surface area contributed by atoms with Gasteiger partial charge in [0.25, 0.3) is 5.91 Å². The van der Waals surface area contributed by atoms with E-state index in [1.807, 2.05) is 90.8 Å². The van der Waals surface area contributed by atoms with Gasteiger partial charge in [0, 0.05) is 24.8 Å². The summed E-state index contributed by atoms with van der Waals surface area (Å²) in [6, 6.07) is 27.5. The molecular formula is C26H23N5O. The van der Waals surface area contributed by atoms with Crippen LogP contribution in [0.25, 0.3) is 0 Å². The highest BCUT2D eigenvalue weighted by atomic mass is 16.2. The van der Waals surface area contributed by atoms with Gasteiger partial charge < -0.3 is 9.80 Å². The maximum Gasteiger partial charge on any atom is 0.279 e. The molecule has 0 fully saturated rings. The average Bonchev–Trinajstić information content (AvgIpc) is 3.09. The van der Waals surface area contributed by atoms with Gasteiger partial charge in [-0.3, -0.25) is 4.79 Å². The van der Waals surface area contributed by atoms with Gasteiger partial charge in [-0.1, -0.05) is 60.7 Å². The van der Waals surface area contributed by atoms with Crippen molar-refractivity contribution in [3.05, 3.63) is 95.6 Å². The molecule has 0 N–H and O–H groups in total. The second kappa shape index (κ2) is 9.71. The third-order valence-corrected chi connectivity index (χ3v) is 5.34. The van der Waals surface area contributed by atoms with Gasteiger partial charge in [0.1, 0.15) is 0 Å². The highest BCUT2D eigenvalue weighted by molar-refractivity contribution is 6.54. The van der Waals surface area contributed by atoms with E-state index in [1.54, 1.807) is 11.1 Å². The fraction of sp³-hybridized carbons (Fsp3) is 0.154. The molecule has 3 aromatic rings. The number of hydrogen-bond acceptors (Lipinski definition) is 5. The third kappa shape index (κ3) is 4.57. The fourth-order valence-corrected chi connectivity index (χ4v) is 3.60. The Labute approximate surface area is 187 Å². The number of carbonyl (C=O) groups is 1. The Balaban J connectivity index is 1.52. The van der Waals surface area contributed by atoms with Crippen molar-refractivity contribution >= 4 is 29.2 Å². The number of fused-ring (bicyclic) bond motifs is 1. The summed E-state index contributed by atoms with van der Waals surface area (Å²) in [5.41, 5.74) is 4.95. The van der Waals surface area contributed by atoms with Crippen molar-refractivity contribution in [2.45, 2.75) is 13.0 Å². The van der Waals surface area contributed by atoms with Gasteiger partial charge in [0.15, 0.2) is 5.71 Å². The van der Waals surface area contributed by atoms with E-state index in [0.29, 0.717) is 25.2 Å². The van der Waals surface area contributed by atoms with Crippen LogP contribution in [0.5, 0.6) is 0 Å². The fourth-order valence-electron chi connectivity index (χ4n) is 3.60. The van der Waals surface area contributed by atoms with Crippen LogP contribution in [0, 0.1) is 11.3 Å². The van der Waals surface area contributed by atoms with Gasteiger partial charge in [-0.25, -0.2) is 0 Å². The number of amides is 1. The predicted octanol–water partition coefficient (Wildman–Crippen LogP) is 4.41. The maximum absolute atomic E-state index is 13.1. The molecule has 0 bridgehead atoms. The van der Waals surface area contributed by atoms with E-state index >= 15 is 0 Å². The Kier molecular flexibility index (Phi) is 6.38. The first kappa shape index (κ1) is 21.0. The molecule has 1 aliphatic heterocycles. The second-order valence-electron chi connectivity index (χ2n) is 7.51. The molecule has 32 heavy (non-hydrogen) atoms. The number of anilines is 2. The van der Waals surface area contributed by atoms with E-state index in [1.165, 1.54) is 0 Å². The highest BCUT2D eigenvalue weighted by Crippen LogP contribution is 2.30. The lowest BCUT2D eigenvalue weighted by atomic mass is 10.1. The van der Waals surface area contributed by atoms with Crippen molar-refractivity contribution in [1.29, 1.82) is 5.26 Å². The lowest BCUT2D eigenvalue weighted by molar-refractivity contribution is -0.112. The number of nitriles is 1. The minimum absolute atomic E-state index is 0.151. The maximum atomic E-state index is 13.1. The summed E-state index contributed by atoms with van der Waals surface area (Å²) in [4.78, 5) is 16.9. The first-order valence-electron chi connectivity index (χ1n) is 10.4. The van der Waals surface area contributed by atoms with Crippen LogP contribution in [-0.4, -0.2) is 31.4 Å². The van der Waals surface area contributed by atoms with Crippen LogP contribution in [0.2, 0.25) is 0 Å². The second-order valence-corrected chi connectivity index (χ2v) is 7.51. The van der Waals surface area contributed by atoms with Crippen molar-refractivity contribution < 1.29 is 4.79 Å². The molecule has 0 spiro atoms. The zero-order chi connectivity index (χ0) is 22.3. The molecule has 0 aliphatic carbocycles. The summed E-state index contributed by atoms with van der Waals surface area (Å²) < 4.78 is 0. The number of hydrogen-bond donors (Lipinski definition) is 0. The number of nitrogens with zero attached hydrogens (tertiary/aromatic N) is 5. The number of benzene rings is 3. The summed E-state index contributed by atoms with van der Waals surface area (Å²) in [5.74, 6) is -0.151. The van der Waals surface area contributed by atoms with Crippen molar-refractivity contribution in [3.63, 3.8) is 0 Å². The third-order valence-electron chi connectivity index (χ3n) is 5.34. The van der Waals surface area contributed by atoms with Crippen LogP contribution in [-0.2, 0) is 11.3 Å². The topological polar surface area (TPSA) is 72.1 Å². The average molecular weight is 422 g/mol. The van der Waals surface area contributed by atoms with Crippen molar-refractivity contribution in [2.24, 2.45) is 10.2 Å². The van der Waals surface area contributed by atoms with Crippen molar-refractivity contribution in [2.75, 3.05) is 23.4 Å². The number of carbonyl (C=O) groups excluding carboxylic acids is 1. The monoisotopic (exact) mass is 421 g/mol. The normalized spacial score (nSPS) is 14.1. The molecule has 0 unspecified atom stereocenters. The lowest BCUT2D eigenvalue weighted by Crippen LogP contribution is -2.29. The van der Waals surface area contributed by atoms with Gasteiger partial charge in [-0.15, -0.1) is 5.10 Å². The van der Waals surface area contributed by atoms with Gasteiger partial charge in [-0.05, 0) is 29.3 Å². The molecule has 1 aliphatic rings. The molecule has 4 rings (SSSR count). The van der Waals surface area contributed by atoms with Crippen LogP contribution in [0.1, 0.15) is 23.1 Å².